The molecule has 1 saturated heterocycles. The van der Waals surface area contributed by atoms with Gasteiger partial charge in [0.2, 0.25) is 11.8 Å². The first kappa shape index (κ1) is 20.5. The average molecular weight is 401 g/mol. The molecule has 1 fully saturated rings. The van der Waals surface area contributed by atoms with Crippen molar-refractivity contribution in [3.63, 3.8) is 0 Å². The minimum absolute atomic E-state index is 0.0324. The minimum Gasteiger partial charge on any atom is -0.326 e. The molecule has 0 radical (unpaired) electrons. The number of benzene rings is 1. The van der Waals surface area contributed by atoms with E-state index in [1.54, 1.807) is 0 Å². The second-order valence-electron chi connectivity index (χ2n) is 7.52. The van der Waals surface area contributed by atoms with Gasteiger partial charge in [-0.3, -0.25) is 14.5 Å². The molecular weight excluding hydrogens is 372 g/mol. The molecule has 3 rings (SSSR count). The highest BCUT2D eigenvalue weighted by Crippen LogP contribution is 2.23. The normalized spacial score (nSPS) is 17.4. The van der Waals surface area contributed by atoms with Crippen LogP contribution in [0.3, 0.4) is 0 Å². The standard InChI is InChI=1S/C21H28N4O2S/c1-13-7-5-9-18(14(13)2)23-20(27)17-8-6-10-25(11-17)12-19(26)24-21-22-15(3)16(4)28-21/h5,7,9,17H,6,8,10-12H2,1-4H3,(H,23,27)(H,22,24,26). The average Bonchev–Trinajstić information content (AvgIpc) is 2.96. The third kappa shape index (κ3) is 4.97. The van der Waals surface area contributed by atoms with E-state index in [1.165, 1.54) is 11.3 Å². The van der Waals surface area contributed by atoms with Crippen LogP contribution in [0.1, 0.15) is 34.5 Å². The van der Waals surface area contributed by atoms with Crippen molar-refractivity contribution in [1.82, 2.24) is 9.88 Å². The monoisotopic (exact) mass is 400 g/mol. The highest BCUT2D eigenvalue weighted by molar-refractivity contribution is 7.15. The molecule has 0 bridgehead atoms. The fourth-order valence-electron chi connectivity index (χ4n) is 3.42. The Balaban J connectivity index is 1.55. The maximum Gasteiger partial charge on any atom is 0.240 e. The van der Waals surface area contributed by atoms with E-state index in [-0.39, 0.29) is 24.3 Å². The number of piperidine rings is 1. The molecule has 0 saturated carbocycles. The SMILES string of the molecule is Cc1cccc(NC(=O)C2CCCN(CC(=O)Nc3nc(C)c(C)s3)C2)c1C. The zero-order chi connectivity index (χ0) is 20.3. The van der Waals surface area contributed by atoms with Crippen LogP contribution in [0.2, 0.25) is 0 Å². The van der Waals surface area contributed by atoms with Gasteiger partial charge in [-0.2, -0.15) is 0 Å². The van der Waals surface area contributed by atoms with Crippen LogP contribution < -0.4 is 10.6 Å². The summed E-state index contributed by atoms with van der Waals surface area (Å²) in [6.45, 7) is 9.70. The number of rotatable bonds is 5. The van der Waals surface area contributed by atoms with Crippen LogP contribution in [-0.4, -0.2) is 41.3 Å². The van der Waals surface area contributed by atoms with Crippen LogP contribution in [0.4, 0.5) is 10.8 Å². The summed E-state index contributed by atoms with van der Waals surface area (Å²) >= 11 is 1.49. The van der Waals surface area contributed by atoms with Crippen molar-refractivity contribution in [2.45, 2.75) is 40.5 Å². The number of thiazole rings is 1. The Morgan fingerprint density at radius 3 is 2.71 bits per heavy atom. The van der Waals surface area contributed by atoms with Crippen molar-refractivity contribution in [2.75, 3.05) is 30.3 Å². The Hall–Kier alpha value is -2.25. The number of nitrogens with zero attached hydrogens (tertiary/aromatic N) is 2. The van der Waals surface area contributed by atoms with E-state index in [0.29, 0.717) is 11.7 Å². The lowest BCUT2D eigenvalue weighted by Crippen LogP contribution is -2.44. The summed E-state index contributed by atoms with van der Waals surface area (Å²) in [5, 5.41) is 6.58. The molecule has 0 spiro atoms. The molecule has 28 heavy (non-hydrogen) atoms. The van der Waals surface area contributed by atoms with E-state index in [9.17, 15) is 9.59 Å². The third-order valence-electron chi connectivity index (χ3n) is 5.38. The van der Waals surface area contributed by atoms with Crippen molar-refractivity contribution >= 4 is 34.0 Å². The summed E-state index contributed by atoms with van der Waals surface area (Å²) < 4.78 is 0. The lowest BCUT2D eigenvalue weighted by atomic mass is 9.96. The van der Waals surface area contributed by atoms with Crippen LogP contribution in [0, 0.1) is 33.6 Å². The van der Waals surface area contributed by atoms with Crippen molar-refractivity contribution in [1.29, 1.82) is 0 Å². The summed E-state index contributed by atoms with van der Waals surface area (Å²) in [4.78, 5) is 32.6. The zero-order valence-corrected chi connectivity index (χ0v) is 17.8. The molecular formula is C21H28N4O2S. The first-order valence-electron chi connectivity index (χ1n) is 9.67. The topological polar surface area (TPSA) is 74.3 Å². The highest BCUT2D eigenvalue weighted by atomic mass is 32.1. The van der Waals surface area contributed by atoms with Gasteiger partial charge in [0.15, 0.2) is 5.13 Å². The Morgan fingerprint density at radius 2 is 2.00 bits per heavy atom. The molecule has 1 unspecified atom stereocenters. The number of hydrogen-bond donors (Lipinski definition) is 2. The molecule has 150 valence electrons. The molecule has 2 heterocycles. The van der Waals surface area contributed by atoms with E-state index in [2.05, 4.69) is 20.5 Å². The van der Waals surface area contributed by atoms with E-state index in [4.69, 9.17) is 0 Å². The number of carbonyl (C=O) groups excluding carboxylic acids is 2. The second kappa shape index (κ2) is 8.84. The summed E-state index contributed by atoms with van der Waals surface area (Å²) in [5.74, 6) is -0.153. The quantitative estimate of drug-likeness (QED) is 0.803. The molecule has 0 aliphatic carbocycles. The van der Waals surface area contributed by atoms with Crippen LogP contribution in [0.15, 0.2) is 18.2 Å². The number of aryl methyl sites for hydroxylation is 3. The van der Waals surface area contributed by atoms with Crippen LogP contribution in [-0.2, 0) is 9.59 Å². The number of carbonyl (C=O) groups is 2. The van der Waals surface area contributed by atoms with Crippen molar-refractivity contribution in [3.8, 4) is 0 Å². The fourth-order valence-corrected chi connectivity index (χ4v) is 4.25. The maximum absolute atomic E-state index is 12.7. The van der Waals surface area contributed by atoms with Gasteiger partial charge in [-0.1, -0.05) is 12.1 Å². The van der Waals surface area contributed by atoms with Gasteiger partial charge in [0.25, 0.3) is 0 Å². The van der Waals surface area contributed by atoms with Gasteiger partial charge in [-0.25, -0.2) is 4.98 Å². The predicted octanol–water partition coefficient (Wildman–Crippen LogP) is 3.67. The predicted molar refractivity (Wildman–Crippen MR) is 114 cm³/mol. The second-order valence-corrected chi connectivity index (χ2v) is 8.72. The number of nitrogens with one attached hydrogen (secondary N) is 2. The van der Waals surface area contributed by atoms with E-state index >= 15 is 0 Å². The molecule has 1 atom stereocenters. The molecule has 2 aromatic rings. The summed E-state index contributed by atoms with van der Waals surface area (Å²) in [5.41, 5.74) is 4.07. The molecule has 1 aliphatic heterocycles. The minimum atomic E-state index is -0.106. The van der Waals surface area contributed by atoms with Gasteiger partial charge in [-0.15, -0.1) is 11.3 Å². The van der Waals surface area contributed by atoms with Gasteiger partial charge in [0.05, 0.1) is 18.2 Å². The maximum atomic E-state index is 12.7. The van der Waals surface area contributed by atoms with Gasteiger partial charge in [-0.05, 0) is 64.3 Å². The number of aromatic nitrogens is 1. The van der Waals surface area contributed by atoms with Crippen molar-refractivity contribution < 1.29 is 9.59 Å². The van der Waals surface area contributed by atoms with Gasteiger partial charge < -0.3 is 10.6 Å². The Bertz CT molecular complexity index is 858. The van der Waals surface area contributed by atoms with Crippen molar-refractivity contribution in [3.05, 3.63) is 39.9 Å². The van der Waals surface area contributed by atoms with Crippen molar-refractivity contribution in [2.24, 2.45) is 5.92 Å². The summed E-state index contributed by atoms with van der Waals surface area (Å²) in [7, 11) is 0. The zero-order valence-electron chi connectivity index (χ0n) is 17.0. The van der Waals surface area contributed by atoms with Gasteiger partial charge >= 0.3 is 0 Å². The first-order valence-corrected chi connectivity index (χ1v) is 10.5. The van der Waals surface area contributed by atoms with E-state index in [1.807, 2.05) is 45.9 Å². The lowest BCUT2D eigenvalue weighted by molar-refractivity contribution is -0.123. The Kier molecular flexibility index (Phi) is 6.46. The first-order chi connectivity index (χ1) is 13.3. The Labute approximate surface area is 170 Å². The molecule has 1 aromatic heterocycles. The number of anilines is 2. The van der Waals surface area contributed by atoms with E-state index < -0.39 is 0 Å². The largest absolute Gasteiger partial charge is 0.326 e. The Morgan fingerprint density at radius 1 is 1.21 bits per heavy atom. The number of likely N-dealkylation sites (tertiary alicyclic amines) is 1. The molecule has 1 aliphatic rings. The van der Waals surface area contributed by atoms with E-state index in [0.717, 1.165) is 46.8 Å². The summed E-state index contributed by atoms with van der Waals surface area (Å²) in [6.07, 6.45) is 1.76. The van der Waals surface area contributed by atoms with Crippen LogP contribution >= 0.6 is 11.3 Å². The lowest BCUT2D eigenvalue weighted by Gasteiger charge is -2.31. The summed E-state index contributed by atoms with van der Waals surface area (Å²) in [6, 6.07) is 5.93. The molecule has 7 heteroatoms. The molecule has 6 nitrogen and oxygen atoms in total. The smallest absolute Gasteiger partial charge is 0.240 e. The number of amides is 2. The van der Waals surface area contributed by atoms with Crippen LogP contribution in [0.5, 0.6) is 0 Å². The molecule has 2 amide bonds. The molecule has 2 N–H and O–H groups in total. The van der Waals surface area contributed by atoms with Gasteiger partial charge in [0.1, 0.15) is 0 Å². The third-order valence-corrected chi connectivity index (χ3v) is 6.37. The van der Waals surface area contributed by atoms with Gasteiger partial charge in [0, 0.05) is 17.1 Å². The number of hydrogen-bond acceptors (Lipinski definition) is 5. The van der Waals surface area contributed by atoms with Crippen LogP contribution in [0.25, 0.3) is 0 Å². The fraction of sp³-hybridized carbons (Fsp3) is 0.476. The highest BCUT2D eigenvalue weighted by Gasteiger charge is 2.27. The molecule has 1 aromatic carbocycles.